The molecule has 0 atom stereocenters. The summed E-state index contributed by atoms with van der Waals surface area (Å²) in [4.78, 5) is 15.3. The average Bonchev–Trinajstić information content (AvgIpc) is 3.22. The zero-order valence-electron chi connectivity index (χ0n) is 19.0. The third kappa shape index (κ3) is 5.27. The highest BCUT2D eigenvalue weighted by Gasteiger charge is 2.38. The largest absolute Gasteiger partial charge is 0.497 e. The fourth-order valence-electron chi connectivity index (χ4n) is 4.75. The number of ether oxygens (including phenoxy) is 2. The van der Waals surface area contributed by atoms with Gasteiger partial charge in [-0.3, -0.25) is 9.69 Å². The molecular formula is C23H33N5O3S. The van der Waals surface area contributed by atoms with E-state index in [1.165, 1.54) is 31.0 Å². The highest BCUT2D eigenvalue weighted by molar-refractivity contribution is 7.99. The molecule has 9 heteroatoms. The van der Waals surface area contributed by atoms with Crippen LogP contribution in [0.2, 0.25) is 0 Å². The molecule has 4 rings (SSSR count). The molecule has 1 N–H and O–H groups in total. The molecule has 1 saturated heterocycles. The number of nitrogens with one attached hydrogen (secondary N) is 1. The lowest BCUT2D eigenvalue weighted by molar-refractivity contribution is -0.119. The number of amides is 1. The molecule has 1 aliphatic heterocycles. The van der Waals surface area contributed by atoms with Gasteiger partial charge in [0.1, 0.15) is 5.75 Å². The van der Waals surface area contributed by atoms with Crippen molar-refractivity contribution in [3.8, 4) is 17.1 Å². The van der Waals surface area contributed by atoms with Gasteiger partial charge in [-0.15, -0.1) is 10.2 Å². The van der Waals surface area contributed by atoms with Gasteiger partial charge in [-0.2, -0.15) is 0 Å². The molecule has 2 aromatic rings. The number of morpholine rings is 1. The molecule has 32 heavy (non-hydrogen) atoms. The molecule has 0 spiro atoms. The summed E-state index contributed by atoms with van der Waals surface area (Å²) in [5, 5.41) is 12.5. The van der Waals surface area contributed by atoms with Crippen LogP contribution >= 0.6 is 11.8 Å². The molecule has 2 fully saturated rings. The molecule has 2 aliphatic rings. The second kappa shape index (κ2) is 10.7. The van der Waals surface area contributed by atoms with E-state index >= 15 is 0 Å². The van der Waals surface area contributed by atoms with E-state index in [-0.39, 0.29) is 11.4 Å². The predicted molar refractivity (Wildman–Crippen MR) is 125 cm³/mol. The Morgan fingerprint density at radius 1 is 1.22 bits per heavy atom. The van der Waals surface area contributed by atoms with Crippen LogP contribution in [0.3, 0.4) is 0 Å². The van der Waals surface area contributed by atoms with E-state index in [9.17, 15) is 4.79 Å². The smallest absolute Gasteiger partial charge is 0.230 e. The molecule has 174 valence electrons. The van der Waals surface area contributed by atoms with E-state index in [4.69, 9.17) is 9.47 Å². The first-order chi connectivity index (χ1) is 15.6. The summed E-state index contributed by atoms with van der Waals surface area (Å²) < 4.78 is 12.8. The Labute approximate surface area is 194 Å². The van der Waals surface area contributed by atoms with Crippen LogP contribution in [-0.2, 0) is 16.6 Å². The van der Waals surface area contributed by atoms with E-state index < -0.39 is 0 Å². The lowest BCUT2D eigenvalue weighted by Gasteiger charge is -2.48. The monoisotopic (exact) mass is 459 g/mol. The minimum Gasteiger partial charge on any atom is -0.497 e. The second-order valence-electron chi connectivity index (χ2n) is 8.55. The van der Waals surface area contributed by atoms with E-state index in [0.29, 0.717) is 12.3 Å². The first kappa shape index (κ1) is 23.1. The number of hydrogen-bond donors (Lipinski definition) is 1. The van der Waals surface area contributed by atoms with E-state index in [0.717, 1.165) is 61.4 Å². The summed E-state index contributed by atoms with van der Waals surface area (Å²) in [7, 11) is 3.57. The maximum Gasteiger partial charge on any atom is 0.230 e. The Morgan fingerprint density at radius 2 is 2.00 bits per heavy atom. The van der Waals surface area contributed by atoms with E-state index in [2.05, 4.69) is 20.4 Å². The molecule has 0 unspecified atom stereocenters. The number of rotatable bonds is 8. The Balaban J connectivity index is 1.34. The van der Waals surface area contributed by atoms with E-state index in [1.807, 2.05) is 35.9 Å². The van der Waals surface area contributed by atoms with E-state index in [1.54, 1.807) is 7.11 Å². The van der Waals surface area contributed by atoms with Crippen molar-refractivity contribution >= 4 is 17.7 Å². The Kier molecular flexibility index (Phi) is 7.70. The number of aromatic nitrogens is 3. The summed E-state index contributed by atoms with van der Waals surface area (Å²) in [5.74, 6) is 1.89. The molecule has 1 aliphatic carbocycles. The molecule has 1 aromatic carbocycles. The number of benzene rings is 1. The van der Waals surface area contributed by atoms with Crippen molar-refractivity contribution in [1.82, 2.24) is 25.0 Å². The zero-order chi connectivity index (χ0) is 22.4. The molecule has 2 heterocycles. The summed E-state index contributed by atoms with van der Waals surface area (Å²) in [6.07, 6.45) is 6.04. The van der Waals surface area contributed by atoms with Gasteiger partial charge in [-0.05, 0) is 25.0 Å². The van der Waals surface area contributed by atoms with Gasteiger partial charge in [0.25, 0.3) is 0 Å². The van der Waals surface area contributed by atoms with Crippen molar-refractivity contribution in [2.45, 2.75) is 42.8 Å². The number of thioether (sulfide) groups is 1. The first-order valence-corrected chi connectivity index (χ1v) is 12.4. The van der Waals surface area contributed by atoms with Crippen molar-refractivity contribution in [2.24, 2.45) is 7.05 Å². The number of methoxy groups -OCH3 is 1. The zero-order valence-corrected chi connectivity index (χ0v) is 19.8. The van der Waals surface area contributed by atoms with Crippen LogP contribution in [0.1, 0.15) is 32.1 Å². The minimum absolute atomic E-state index is 0.0409. The summed E-state index contributed by atoms with van der Waals surface area (Å²) in [6.45, 7) is 4.19. The van der Waals surface area contributed by atoms with Crippen molar-refractivity contribution < 1.29 is 14.3 Å². The molecule has 1 amide bonds. The maximum atomic E-state index is 12.7. The fourth-order valence-corrected chi connectivity index (χ4v) is 5.49. The second-order valence-corrected chi connectivity index (χ2v) is 9.49. The molecule has 8 nitrogen and oxygen atoms in total. The minimum atomic E-state index is 0.0409. The summed E-state index contributed by atoms with van der Waals surface area (Å²) in [6, 6.07) is 7.73. The van der Waals surface area contributed by atoms with Crippen molar-refractivity contribution in [3.63, 3.8) is 0 Å². The molecule has 0 bridgehead atoms. The third-order valence-electron chi connectivity index (χ3n) is 6.58. The Morgan fingerprint density at radius 3 is 2.75 bits per heavy atom. The van der Waals surface area contributed by atoms with Gasteiger partial charge in [-0.25, -0.2) is 0 Å². The lowest BCUT2D eigenvalue weighted by Crippen LogP contribution is -2.59. The quantitative estimate of drug-likeness (QED) is 0.608. The standard InChI is InChI=1S/C23H33N5O3S/c1-27-21(18-7-6-8-19(15-18)30-2)25-26-22(27)32-16-20(29)24-17-23(9-4-3-5-10-23)28-11-13-31-14-12-28/h6-8,15H,3-5,9-14,16-17H2,1-2H3,(H,24,29). The maximum absolute atomic E-state index is 12.7. The van der Waals surface area contributed by atoms with Gasteiger partial charge in [-0.1, -0.05) is 43.2 Å². The van der Waals surface area contributed by atoms with Gasteiger partial charge in [0.15, 0.2) is 11.0 Å². The van der Waals surface area contributed by atoms with Crippen LogP contribution in [0.25, 0.3) is 11.4 Å². The number of hydrogen-bond acceptors (Lipinski definition) is 7. The van der Waals surface area contributed by atoms with Crippen molar-refractivity contribution in [3.05, 3.63) is 24.3 Å². The van der Waals surface area contributed by atoms with Crippen LogP contribution in [0, 0.1) is 0 Å². The highest BCUT2D eigenvalue weighted by Crippen LogP contribution is 2.34. The number of carbonyl (C=O) groups excluding carboxylic acids is 1. The fraction of sp³-hybridized carbons (Fsp3) is 0.609. The lowest BCUT2D eigenvalue weighted by atomic mass is 9.79. The van der Waals surface area contributed by atoms with Crippen LogP contribution < -0.4 is 10.1 Å². The number of carbonyl (C=O) groups is 1. The van der Waals surface area contributed by atoms with Crippen molar-refractivity contribution in [1.29, 1.82) is 0 Å². The van der Waals surface area contributed by atoms with Gasteiger partial charge in [0.05, 0.1) is 26.1 Å². The van der Waals surface area contributed by atoms with Crippen LogP contribution in [0.5, 0.6) is 5.75 Å². The summed E-state index contributed by atoms with van der Waals surface area (Å²) >= 11 is 1.41. The van der Waals surface area contributed by atoms with Crippen LogP contribution in [0.15, 0.2) is 29.4 Å². The Hall–Kier alpha value is -2.10. The van der Waals surface area contributed by atoms with Crippen molar-refractivity contribution in [2.75, 3.05) is 45.7 Å². The highest BCUT2D eigenvalue weighted by atomic mass is 32.2. The molecular weight excluding hydrogens is 426 g/mol. The SMILES string of the molecule is COc1cccc(-c2nnc(SCC(=O)NCC3(N4CCOCC4)CCCCC3)n2C)c1. The third-order valence-corrected chi connectivity index (χ3v) is 7.60. The van der Waals surface area contributed by atoms with Gasteiger partial charge < -0.3 is 19.4 Å². The predicted octanol–water partition coefficient (Wildman–Crippen LogP) is 2.73. The topological polar surface area (TPSA) is 81.5 Å². The molecule has 1 aromatic heterocycles. The van der Waals surface area contributed by atoms with Gasteiger partial charge >= 0.3 is 0 Å². The average molecular weight is 460 g/mol. The number of nitrogens with zero attached hydrogens (tertiary/aromatic N) is 4. The summed E-state index contributed by atoms with van der Waals surface area (Å²) in [5.41, 5.74) is 1.01. The van der Waals surface area contributed by atoms with Gasteiger partial charge in [0, 0.05) is 37.8 Å². The molecule has 0 radical (unpaired) electrons. The van der Waals surface area contributed by atoms with Gasteiger partial charge in [0.2, 0.25) is 5.91 Å². The first-order valence-electron chi connectivity index (χ1n) is 11.4. The normalized spacial score (nSPS) is 18.9. The molecule has 1 saturated carbocycles. The Bertz CT molecular complexity index is 907. The van der Waals surface area contributed by atoms with Crippen LogP contribution in [0.4, 0.5) is 0 Å². The van der Waals surface area contributed by atoms with Crippen LogP contribution in [-0.4, -0.2) is 76.8 Å².